The van der Waals surface area contributed by atoms with Crippen molar-refractivity contribution < 1.29 is 32.5 Å². The van der Waals surface area contributed by atoms with Crippen molar-refractivity contribution >= 4 is 27.3 Å². The number of carbonyl (C=O) groups excluding carboxylic acids is 1. The number of hydrogen-bond acceptors (Lipinski definition) is 8. The number of benzene rings is 3. The van der Waals surface area contributed by atoms with Crippen molar-refractivity contribution in [2.75, 3.05) is 36.3 Å². The summed E-state index contributed by atoms with van der Waals surface area (Å²) in [5.41, 5.74) is 3.81. The summed E-state index contributed by atoms with van der Waals surface area (Å²) in [5.74, 6) is -0.00473. The standard InChI is InChI=1S/C36H49N3O7S/c1-27(40)38-31-15-17-32(18-16-31)39-47(42,43)33-13-10-12-28(23-33)11-6-9-22-44-21-8-5-4-7-20-37-25-34(41)29-14-19-35-30(24-29)26-45-36(2,3)46-35/h10,12-19,23-24,34,37,39,41H,4-9,11,20-22,25-26H2,1-3H3,(H,38,40)/t34-/m1/s1. The van der Waals surface area contributed by atoms with E-state index in [9.17, 15) is 18.3 Å². The van der Waals surface area contributed by atoms with Gasteiger partial charge in [0.15, 0.2) is 0 Å². The first-order valence-electron chi connectivity index (χ1n) is 16.4. The molecule has 0 bridgehead atoms. The van der Waals surface area contributed by atoms with Crippen molar-refractivity contribution in [1.82, 2.24) is 5.32 Å². The molecule has 1 heterocycles. The predicted octanol–water partition coefficient (Wildman–Crippen LogP) is 6.31. The molecule has 47 heavy (non-hydrogen) atoms. The molecule has 0 radical (unpaired) electrons. The average Bonchev–Trinajstić information content (AvgIpc) is 3.03. The third-order valence-corrected chi connectivity index (χ3v) is 9.18. The topological polar surface area (TPSA) is 135 Å². The van der Waals surface area contributed by atoms with Gasteiger partial charge in [-0.3, -0.25) is 9.52 Å². The van der Waals surface area contributed by atoms with Gasteiger partial charge in [-0.25, -0.2) is 8.42 Å². The Bertz CT molecular complexity index is 1540. The molecule has 0 aromatic heterocycles. The minimum Gasteiger partial charge on any atom is -0.463 e. The number of rotatable bonds is 19. The SMILES string of the molecule is CC(=O)Nc1ccc(NS(=O)(=O)c2cccc(CCCCOCCCCCCNC[C@@H](O)c3ccc4c(c3)COC(C)(C)O4)c2)cc1. The number of sulfonamides is 1. The van der Waals surface area contributed by atoms with Gasteiger partial charge in [-0.1, -0.05) is 31.0 Å². The minimum atomic E-state index is -3.73. The molecule has 0 aliphatic carbocycles. The zero-order chi connectivity index (χ0) is 33.7. The summed E-state index contributed by atoms with van der Waals surface area (Å²) in [7, 11) is -3.73. The number of unbranched alkanes of at least 4 members (excludes halogenated alkanes) is 4. The number of aryl methyl sites for hydroxylation is 1. The lowest BCUT2D eigenvalue weighted by molar-refractivity contribution is -0.180. The van der Waals surface area contributed by atoms with Gasteiger partial charge in [0.25, 0.3) is 10.0 Å². The van der Waals surface area contributed by atoms with Crippen LogP contribution < -0.4 is 20.1 Å². The Morgan fingerprint density at radius 1 is 0.936 bits per heavy atom. The normalized spacial score (nSPS) is 14.6. The largest absolute Gasteiger partial charge is 0.463 e. The second-order valence-electron chi connectivity index (χ2n) is 12.4. The number of hydrogen-bond donors (Lipinski definition) is 4. The first kappa shape index (κ1) is 36.4. The molecular weight excluding hydrogens is 618 g/mol. The Hall–Kier alpha value is -3.48. The molecule has 1 atom stereocenters. The molecule has 1 aliphatic heterocycles. The number of fused-ring (bicyclic) bond motifs is 1. The highest BCUT2D eigenvalue weighted by molar-refractivity contribution is 7.92. The van der Waals surface area contributed by atoms with Crippen molar-refractivity contribution in [2.45, 2.75) is 89.1 Å². The van der Waals surface area contributed by atoms with E-state index in [2.05, 4.69) is 15.4 Å². The summed E-state index contributed by atoms with van der Waals surface area (Å²) >= 11 is 0. The summed E-state index contributed by atoms with van der Waals surface area (Å²) < 4.78 is 45.7. The van der Waals surface area contributed by atoms with E-state index in [1.54, 1.807) is 42.5 Å². The Morgan fingerprint density at radius 2 is 1.66 bits per heavy atom. The van der Waals surface area contributed by atoms with Gasteiger partial charge >= 0.3 is 0 Å². The van der Waals surface area contributed by atoms with E-state index >= 15 is 0 Å². The van der Waals surface area contributed by atoms with E-state index in [1.807, 2.05) is 38.1 Å². The summed E-state index contributed by atoms with van der Waals surface area (Å²) in [5, 5.41) is 16.6. The molecule has 0 fully saturated rings. The van der Waals surface area contributed by atoms with Crippen molar-refractivity contribution in [3.63, 3.8) is 0 Å². The Morgan fingerprint density at radius 3 is 2.43 bits per heavy atom. The van der Waals surface area contributed by atoms with Crippen LogP contribution in [0.2, 0.25) is 0 Å². The molecule has 0 unspecified atom stereocenters. The van der Waals surface area contributed by atoms with Crippen LogP contribution in [0.15, 0.2) is 71.6 Å². The number of carbonyl (C=O) groups is 1. The molecule has 0 saturated heterocycles. The highest BCUT2D eigenvalue weighted by atomic mass is 32.2. The molecule has 0 saturated carbocycles. The van der Waals surface area contributed by atoms with Crippen LogP contribution in [0.1, 0.15) is 82.1 Å². The lowest BCUT2D eigenvalue weighted by atomic mass is 10.0. The van der Waals surface area contributed by atoms with Crippen LogP contribution in [0.5, 0.6) is 5.75 Å². The molecule has 0 spiro atoms. The van der Waals surface area contributed by atoms with E-state index in [0.717, 1.165) is 80.5 Å². The van der Waals surface area contributed by atoms with Crippen molar-refractivity contribution in [1.29, 1.82) is 0 Å². The number of aliphatic hydroxyl groups is 1. The molecule has 1 amide bonds. The van der Waals surface area contributed by atoms with Crippen LogP contribution in [0.3, 0.4) is 0 Å². The minimum absolute atomic E-state index is 0.189. The summed E-state index contributed by atoms with van der Waals surface area (Å²) in [6, 6.07) is 19.3. The second-order valence-corrected chi connectivity index (χ2v) is 14.1. The van der Waals surface area contributed by atoms with Crippen LogP contribution in [-0.2, 0) is 37.3 Å². The van der Waals surface area contributed by atoms with Gasteiger partial charge in [0.2, 0.25) is 11.7 Å². The smallest absolute Gasteiger partial charge is 0.261 e. The van der Waals surface area contributed by atoms with Crippen molar-refractivity contribution in [3.05, 3.63) is 83.4 Å². The van der Waals surface area contributed by atoms with Crippen molar-refractivity contribution in [3.8, 4) is 5.75 Å². The molecule has 3 aromatic carbocycles. The van der Waals surface area contributed by atoms with E-state index in [4.69, 9.17) is 14.2 Å². The second kappa shape index (κ2) is 17.6. The van der Waals surface area contributed by atoms with Gasteiger partial charge in [-0.15, -0.1) is 0 Å². The zero-order valence-electron chi connectivity index (χ0n) is 27.7. The van der Waals surface area contributed by atoms with Crippen LogP contribution in [0, 0.1) is 0 Å². The van der Waals surface area contributed by atoms with Gasteiger partial charge in [0.1, 0.15) is 5.75 Å². The van der Waals surface area contributed by atoms with E-state index < -0.39 is 21.9 Å². The predicted molar refractivity (Wildman–Crippen MR) is 184 cm³/mol. The summed E-state index contributed by atoms with van der Waals surface area (Å²) in [4.78, 5) is 11.4. The molecule has 1 aliphatic rings. The average molecular weight is 668 g/mol. The monoisotopic (exact) mass is 667 g/mol. The lowest BCUT2D eigenvalue weighted by Crippen LogP contribution is -2.35. The molecule has 4 N–H and O–H groups in total. The maximum atomic E-state index is 12.9. The number of anilines is 2. The van der Waals surface area contributed by atoms with E-state index in [1.165, 1.54) is 6.92 Å². The van der Waals surface area contributed by atoms with Crippen LogP contribution >= 0.6 is 0 Å². The van der Waals surface area contributed by atoms with Gasteiger partial charge in [-0.2, -0.15) is 0 Å². The maximum absolute atomic E-state index is 12.9. The molecule has 4 rings (SSSR count). The molecular formula is C36H49N3O7S. The third-order valence-electron chi connectivity index (χ3n) is 7.80. The van der Waals surface area contributed by atoms with Crippen molar-refractivity contribution in [2.24, 2.45) is 0 Å². The molecule has 256 valence electrons. The number of ether oxygens (including phenoxy) is 3. The number of aliphatic hydroxyl groups excluding tert-OH is 1. The van der Waals surface area contributed by atoms with E-state index in [0.29, 0.717) is 31.1 Å². The Kier molecular flexibility index (Phi) is 13.6. The van der Waals surface area contributed by atoms with Crippen LogP contribution in [0.25, 0.3) is 0 Å². The highest BCUT2D eigenvalue weighted by Crippen LogP contribution is 2.33. The first-order valence-corrected chi connectivity index (χ1v) is 17.9. The van der Waals surface area contributed by atoms with Gasteiger partial charge in [0, 0.05) is 57.5 Å². The molecule has 10 nitrogen and oxygen atoms in total. The highest BCUT2D eigenvalue weighted by Gasteiger charge is 2.27. The third kappa shape index (κ3) is 12.2. The number of amides is 1. The van der Waals surface area contributed by atoms with Crippen LogP contribution in [-0.4, -0.2) is 51.5 Å². The van der Waals surface area contributed by atoms with Gasteiger partial charge in [0.05, 0.1) is 17.6 Å². The quantitative estimate of drug-likeness (QED) is 0.109. The van der Waals surface area contributed by atoms with Gasteiger partial charge in [-0.05, 0) is 98.3 Å². The molecule has 11 heteroatoms. The summed E-state index contributed by atoms with van der Waals surface area (Å²) in [6.45, 7) is 8.45. The fourth-order valence-electron chi connectivity index (χ4n) is 5.27. The lowest BCUT2D eigenvalue weighted by Gasteiger charge is -2.33. The Balaban J connectivity index is 1.02. The Labute approximate surface area is 279 Å². The maximum Gasteiger partial charge on any atom is 0.261 e. The van der Waals surface area contributed by atoms with Gasteiger partial charge < -0.3 is 30.0 Å². The first-order chi connectivity index (χ1) is 22.5. The molecule has 3 aromatic rings. The van der Waals surface area contributed by atoms with Crippen LogP contribution in [0.4, 0.5) is 11.4 Å². The fraction of sp³-hybridized carbons (Fsp3) is 0.472. The zero-order valence-corrected chi connectivity index (χ0v) is 28.5. The van der Waals surface area contributed by atoms with E-state index in [-0.39, 0.29) is 10.8 Å². The number of nitrogens with one attached hydrogen (secondary N) is 3. The summed E-state index contributed by atoms with van der Waals surface area (Å²) in [6.07, 6.45) is 6.27. The fourth-order valence-corrected chi connectivity index (χ4v) is 6.40.